The van der Waals surface area contributed by atoms with Crippen LogP contribution in [0.15, 0.2) is 23.1 Å². The Hall–Kier alpha value is -1.16. The van der Waals surface area contributed by atoms with Gasteiger partial charge < -0.3 is 4.74 Å². The Labute approximate surface area is 125 Å². The Morgan fingerprint density at radius 3 is 2.14 bits per heavy atom. The number of hydrogen-bond donors (Lipinski definition) is 2. The van der Waals surface area contributed by atoms with E-state index >= 15 is 0 Å². The highest BCUT2D eigenvalue weighted by atomic mass is 32.2. The summed E-state index contributed by atoms with van der Waals surface area (Å²) in [6.45, 7) is 4.73. The molecule has 0 aliphatic rings. The quantitative estimate of drug-likeness (QED) is 0.794. The third kappa shape index (κ3) is 4.40. The molecule has 0 fully saturated rings. The molecule has 1 aromatic carbocycles. The van der Waals surface area contributed by atoms with Crippen molar-refractivity contribution in [3.05, 3.63) is 23.8 Å². The molecule has 9 heteroatoms. The van der Waals surface area contributed by atoms with Gasteiger partial charge in [-0.05, 0) is 38.5 Å². The van der Waals surface area contributed by atoms with Crippen molar-refractivity contribution in [3.8, 4) is 5.75 Å². The third-order valence-electron chi connectivity index (χ3n) is 2.96. The summed E-state index contributed by atoms with van der Waals surface area (Å²) in [5, 5.41) is 4.54. The fourth-order valence-electron chi connectivity index (χ4n) is 1.64. The van der Waals surface area contributed by atoms with Crippen molar-refractivity contribution in [1.29, 1.82) is 0 Å². The Balaban J connectivity index is 3.22. The molecule has 1 rings (SSSR count). The van der Waals surface area contributed by atoms with E-state index in [9.17, 15) is 16.8 Å². The maximum absolute atomic E-state index is 11.8. The second kappa shape index (κ2) is 6.30. The highest BCUT2D eigenvalue weighted by Gasteiger charge is 2.22. The van der Waals surface area contributed by atoms with Gasteiger partial charge in [-0.1, -0.05) is 6.07 Å². The minimum atomic E-state index is -3.96. The predicted molar refractivity (Wildman–Crippen MR) is 80.0 cm³/mol. The van der Waals surface area contributed by atoms with Crippen molar-refractivity contribution in [2.24, 2.45) is 5.14 Å². The first-order valence-corrected chi connectivity index (χ1v) is 9.30. The molecule has 3 N–H and O–H groups in total. The lowest BCUT2D eigenvalue weighted by Crippen LogP contribution is -2.33. The number of ether oxygens (including phenoxy) is 1. The molecule has 0 aliphatic heterocycles. The van der Waals surface area contributed by atoms with Crippen LogP contribution < -0.4 is 14.6 Å². The first-order chi connectivity index (χ1) is 9.49. The van der Waals surface area contributed by atoms with E-state index < -0.39 is 31.3 Å². The van der Waals surface area contributed by atoms with Gasteiger partial charge in [-0.2, -0.15) is 0 Å². The van der Waals surface area contributed by atoms with E-state index in [-0.39, 0.29) is 10.6 Å². The van der Waals surface area contributed by atoms with E-state index in [0.29, 0.717) is 5.56 Å². The van der Waals surface area contributed by atoms with Crippen molar-refractivity contribution >= 4 is 20.0 Å². The smallest absolute Gasteiger partial charge is 0.241 e. The average Bonchev–Trinajstić information content (AvgIpc) is 2.36. The molecule has 1 aromatic rings. The molecule has 7 nitrogen and oxygen atoms in total. The molecule has 0 bridgehead atoms. The number of methoxy groups -OCH3 is 1. The second-order valence-electron chi connectivity index (χ2n) is 4.89. The predicted octanol–water partition coefficient (Wildman–Crippen LogP) is 0.731. The Bertz CT molecular complexity index is 711. The van der Waals surface area contributed by atoms with Crippen LogP contribution in [-0.4, -0.2) is 29.2 Å². The van der Waals surface area contributed by atoms with Gasteiger partial charge in [-0.25, -0.2) is 26.7 Å². The lowest BCUT2D eigenvalue weighted by molar-refractivity contribution is 0.402. The van der Waals surface area contributed by atoms with E-state index in [1.807, 2.05) is 0 Å². The van der Waals surface area contributed by atoms with Crippen molar-refractivity contribution in [1.82, 2.24) is 4.72 Å². The van der Waals surface area contributed by atoms with Crippen LogP contribution in [0.1, 0.15) is 32.4 Å². The van der Waals surface area contributed by atoms with Crippen LogP contribution in [0.5, 0.6) is 5.75 Å². The van der Waals surface area contributed by atoms with Gasteiger partial charge in [0.15, 0.2) is 0 Å². The zero-order chi connectivity index (χ0) is 16.4. The van der Waals surface area contributed by atoms with E-state index in [1.165, 1.54) is 19.2 Å². The highest BCUT2D eigenvalue weighted by Crippen LogP contribution is 2.26. The van der Waals surface area contributed by atoms with Gasteiger partial charge in [0, 0.05) is 6.04 Å². The average molecular weight is 336 g/mol. The second-order valence-corrected chi connectivity index (χ2v) is 8.69. The topological polar surface area (TPSA) is 116 Å². The third-order valence-corrected chi connectivity index (χ3v) is 5.81. The number of rotatable bonds is 6. The number of nitrogens with two attached hydrogens (primary N) is 1. The van der Waals surface area contributed by atoms with Crippen molar-refractivity contribution in [3.63, 3.8) is 0 Å². The molecule has 1 atom stereocenters. The summed E-state index contributed by atoms with van der Waals surface area (Å²) in [5.41, 5.74) is 0.476. The van der Waals surface area contributed by atoms with Crippen LogP contribution >= 0.6 is 0 Å². The minimum Gasteiger partial charge on any atom is -0.495 e. The molecule has 0 heterocycles. The molecule has 0 saturated heterocycles. The summed E-state index contributed by atoms with van der Waals surface area (Å²) in [6.07, 6.45) is 0. The SMILES string of the molecule is COc1ccc(C(C)NS(=O)(=O)C(C)C)cc1S(N)(=O)=O. The highest BCUT2D eigenvalue weighted by molar-refractivity contribution is 7.90. The molecule has 1 unspecified atom stereocenters. The van der Waals surface area contributed by atoms with E-state index in [4.69, 9.17) is 9.88 Å². The maximum atomic E-state index is 11.8. The first kappa shape index (κ1) is 17.9. The van der Waals surface area contributed by atoms with Crippen LogP contribution in [0.2, 0.25) is 0 Å². The van der Waals surface area contributed by atoms with Crippen molar-refractivity contribution in [2.45, 2.75) is 37.0 Å². The Morgan fingerprint density at radius 2 is 1.71 bits per heavy atom. The van der Waals surface area contributed by atoms with Crippen LogP contribution in [0.4, 0.5) is 0 Å². The molecular weight excluding hydrogens is 316 g/mol. The normalized spacial score (nSPS) is 14.2. The number of hydrogen-bond acceptors (Lipinski definition) is 5. The van der Waals surface area contributed by atoms with Gasteiger partial charge in [0.05, 0.1) is 12.4 Å². The van der Waals surface area contributed by atoms with E-state index in [2.05, 4.69) is 4.72 Å². The monoisotopic (exact) mass is 336 g/mol. The summed E-state index contributed by atoms with van der Waals surface area (Å²) in [5.74, 6) is 0.111. The van der Waals surface area contributed by atoms with Crippen LogP contribution in [0.3, 0.4) is 0 Å². The van der Waals surface area contributed by atoms with Crippen molar-refractivity contribution in [2.75, 3.05) is 7.11 Å². The molecule has 0 spiro atoms. The maximum Gasteiger partial charge on any atom is 0.241 e. The number of sulfonamides is 2. The number of primary sulfonamides is 1. The van der Waals surface area contributed by atoms with E-state index in [1.54, 1.807) is 26.8 Å². The van der Waals surface area contributed by atoms with Gasteiger partial charge in [-0.3, -0.25) is 0 Å². The van der Waals surface area contributed by atoms with Gasteiger partial charge in [-0.15, -0.1) is 0 Å². The fraction of sp³-hybridized carbons (Fsp3) is 0.500. The van der Waals surface area contributed by atoms with Crippen LogP contribution in [0.25, 0.3) is 0 Å². The zero-order valence-corrected chi connectivity index (χ0v) is 14.0. The lowest BCUT2D eigenvalue weighted by Gasteiger charge is -2.18. The molecule has 0 saturated carbocycles. The molecule has 0 radical (unpaired) electrons. The standard InChI is InChI=1S/C12H20N2O5S2/c1-8(2)21(17,18)14-9(3)10-5-6-11(19-4)12(7-10)20(13,15)16/h5-9,14H,1-4H3,(H2,13,15,16). The van der Waals surface area contributed by atoms with Crippen LogP contribution in [0, 0.1) is 0 Å². The Morgan fingerprint density at radius 1 is 1.14 bits per heavy atom. The summed E-state index contributed by atoms with van der Waals surface area (Å²) >= 11 is 0. The molecule has 120 valence electrons. The van der Waals surface area contributed by atoms with Crippen LogP contribution in [-0.2, 0) is 20.0 Å². The van der Waals surface area contributed by atoms with Crippen molar-refractivity contribution < 1.29 is 21.6 Å². The van der Waals surface area contributed by atoms with Gasteiger partial charge in [0.1, 0.15) is 10.6 Å². The molecule has 21 heavy (non-hydrogen) atoms. The zero-order valence-electron chi connectivity index (χ0n) is 12.3. The minimum absolute atomic E-state index is 0.111. The lowest BCUT2D eigenvalue weighted by atomic mass is 10.1. The molecular formula is C12H20N2O5S2. The summed E-state index contributed by atoms with van der Waals surface area (Å²) < 4.78 is 54.2. The molecule has 0 amide bonds. The summed E-state index contributed by atoms with van der Waals surface area (Å²) in [7, 11) is -6.11. The Kier molecular flexibility index (Phi) is 5.37. The molecule has 0 aliphatic carbocycles. The largest absolute Gasteiger partial charge is 0.495 e. The summed E-state index contributed by atoms with van der Waals surface area (Å²) in [6, 6.07) is 3.74. The summed E-state index contributed by atoms with van der Waals surface area (Å²) in [4.78, 5) is -0.182. The number of benzene rings is 1. The molecule has 0 aromatic heterocycles. The van der Waals surface area contributed by atoms with Gasteiger partial charge in [0.2, 0.25) is 20.0 Å². The van der Waals surface area contributed by atoms with E-state index in [0.717, 1.165) is 0 Å². The fourth-order valence-corrected chi connectivity index (χ4v) is 3.27. The number of nitrogens with one attached hydrogen (secondary N) is 1. The van der Waals surface area contributed by atoms with Gasteiger partial charge >= 0.3 is 0 Å². The van der Waals surface area contributed by atoms with Gasteiger partial charge in [0.25, 0.3) is 0 Å². The first-order valence-electron chi connectivity index (χ1n) is 6.21.